The first-order valence-electron chi connectivity index (χ1n) is 6.10. The van der Waals surface area contributed by atoms with Crippen molar-refractivity contribution in [1.29, 1.82) is 0 Å². The van der Waals surface area contributed by atoms with Gasteiger partial charge in [-0.15, -0.1) is 0 Å². The van der Waals surface area contributed by atoms with Gasteiger partial charge >= 0.3 is 6.18 Å². The molecule has 10 heteroatoms. The second-order valence-electron chi connectivity index (χ2n) is 4.65. The van der Waals surface area contributed by atoms with E-state index in [4.69, 9.17) is 5.73 Å². The highest BCUT2D eigenvalue weighted by Gasteiger charge is 2.31. The van der Waals surface area contributed by atoms with Crippen LogP contribution in [0.25, 0.3) is 0 Å². The molecule has 1 aromatic heterocycles. The highest BCUT2D eigenvalue weighted by atomic mass is 32.2. The molecule has 1 atom stereocenters. The molecule has 2 rings (SSSR count). The number of rotatable bonds is 4. The second-order valence-corrected chi connectivity index (χ2v) is 6.59. The van der Waals surface area contributed by atoms with Gasteiger partial charge in [-0.2, -0.15) is 17.5 Å². The fourth-order valence-corrected chi connectivity index (χ4v) is 3.34. The minimum absolute atomic E-state index is 0.101. The molecule has 0 saturated carbocycles. The van der Waals surface area contributed by atoms with Crippen LogP contribution in [-0.4, -0.2) is 49.6 Å². The third-order valence-electron chi connectivity index (χ3n) is 2.92. The van der Waals surface area contributed by atoms with E-state index in [0.29, 0.717) is 13.0 Å². The summed E-state index contributed by atoms with van der Waals surface area (Å²) in [5.74, 6) is -0.288. The minimum Gasteiger partial charge on any atom is -0.468 e. The molecule has 0 aliphatic carbocycles. The molecule has 6 nitrogen and oxygen atoms in total. The van der Waals surface area contributed by atoms with Crippen molar-refractivity contribution in [2.45, 2.75) is 23.5 Å². The van der Waals surface area contributed by atoms with Crippen LogP contribution in [0.3, 0.4) is 0 Å². The largest absolute Gasteiger partial charge is 0.468 e. The summed E-state index contributed by atoms with van der Waals surface area (Å²) in [6.07, 6.45) is -2.93. The molecule has 0 aromatic carbocycles. The van der Waals surface area contributed by atoms with Crippen molar-refractivity contribution in [3.05, 3.63) is 18.3 Å². The smallest absolute Gasteiger partial charge is 0.422 e. The van der Waals surface area contributed by atoms with Crippen molar-refractivity contribution >= 4 is 10.0 Å². The number of nitrogens with two attached hydrogens (primary N) is 1. The Morgan fingerprint density at radius 1 is 1.43 bits per heavy atom. The predicted octanol–water partition coefficient (Wildman–Crippen LogP) is 0.744. The standard InChI is InChI=1S/C11H14F3N3O3S/c12-11(13,14)7-20-10-2-1-9(5-16-10)21(18,19)17-4-3-8(15)6-17/h1-2,5,8H,3-4,6-7,15H2/t8-/m0/s1. The zero-order valence-electron chi connectivity index (χ0n) is 10.9. The van der Waals surface area contributed by atoms with Gasteiger partial charge in [0.2, 0.25) is 15.9 Å². The number of hydrogen-bond acceptors (Lipinski definition) is 5. The molecule has 0 unspecified atom stereocenters. The number of ether oxygens (including phenoxy) is 1. The van der Waals surface area contributed by atoms with Crippen molar-refractivity contribution in [3.63, 3.8) is 0 Å². The van der Waals surface area contributed by atoms with Crippen LogP contribution in [0, 0.1) is 0 Å². The first-order valence-corrected chi connectivity index (χ1v) is 7.54. The minimum atomic E-state index is -4.47. The Labute approximate surface area is 119 Å². The normalized spacial score (nSPS) is 20.7. The van der Waals surface area contributed by atoms with Crippen molar-refractivity contribution in [2.24, 2.45) is 5.73 Å². The predicted molar refractivity (Wildman–Crippen MR) is 67.1 cm³/mol. The van der Waals surface area contributed by atoms with E-state index in [0.717, 1.165) is 18.3 Å². The van der Waals surface area contributed by atoms with Gasteiger partial charge in [0.25, 0.3) is 0 Å². The van der Waals surface area contributed by atoms with Gasteiger partial charge in [0.1, 0.15) is 4.90 Å². The van der Waals surface area contributed by atoms with Gasteiger partial charge in [0.05, 0.1) is 6.20 Å². The SMILES string of the molecule is N[C@H]1CCN(S(=O)(=O)c2ccc(OCC(F)(F)F)nc2)C1. The van der Waals surface area contributed by atoms with Crippen molar-refractivity contribution in [3.8, 4) is 5.88 Å². The molecule has 0 amide bonds. The first kappa shape index (κ1) is 16.0. The maximum Gasteiger partial charge on any atom is 0.422 e. The summed E-state index contributed by atoms with van der Waals surface area (Å²) in [4.78, 5) is 3.48. The topological polar surface area (TPSA) is 85.5 Å². The Hall–Kier alpha value is -1.39. The molecule has 1 aromatic rings. The molecule has 2 N–H and O–H groups in total. The van der Waals surface area contributed by atoms with E-state index in [2.05, 4.69) is 9.72 Å². The van der Waals surface area contributed by atoms with Crippen molar-refractivity contribution < 1.29 is 26.3 Å². The number of halogens is 3. The van der Waals surface area contributed by atoms with Crippen LogP contribution in [0.5, 0.6) is 5.88 Å². The van der Waals surface area contributed by atoms with Gasteiger partial charge < -0.3 is 10.5 Å². The average molecular weight is 325 g/mol. The van der Waals surface area contributed by atoms with Crippen LogP contribution >= 0.6 is 0 Å². The number of alkyl halides is 3. The van der Waals surface area contributed by atoms with Gasteiger partial charge in [-0.3, -0.25) is 0 Å². The van der Waals surface area contributed by atoms with Crippen molar-refractivity contribution in [1.82, 2.24) is 9.29 Å². The molecule has 1 aliphatic rings. The van der Waals surface area contributed by atoms with Gasteiger partial charge in [0.15, 0.2) is 6.61 Å². The molecule has 1 aliphatic heterocycles. The van der Waals surface area contributed by atoms with Crippen LogP contribution in [-0.2, 0) is 10.0 Å². The van der Waals surface area contributed by atoms with E-state index in [9.17, 15) is 21.6 Å². The van der Waals surface area contributed by atoms with Crippen LogP contribution < -0.4 is 10.5 Å². The highest BCUT2D eigenvalue weighted by Crippen LogP contribution is 2.22. The van der Waals surface area contributed by atoms with E-state index in [1.165, 1.54) is 4.31 Å². The first-order chi connectivity index (χ1) is 9.68. The number of hydrogen-bond donors (Lipinski definition) is 1. The lowest BCUT2D eigenvalue weighted by Crippen LogP contribution is -2.32. The van der Waals surface area contributed by atoms with E-state index >= 15 is 0 Å². The number of aromatic nitrogens is 1. The molecule has 0 bridgehead atoms. The van der Waals surface area contributed by atoms with E-state index in [-0.39, 0.29) is 23.4 Å². The number of nitrogens with zero attached hydrogens (tertiary/aromatic N) is 2. The molecule has 21 heavy (non-hydrogen) atoms. The Balaban J connectivity index is 2.08. The molecular formula is C11H14F3N3O3S. The summed E-state index contributed by atoms with van der Waals surface area (Å²) in [5, 5.41) is 0. The molecule has 0 radical (unpaired) electrons. The summed E-state index contributed by atoms with van der Waals surface area (Å²) >= 11 is 0. The molecule has 118 valence electrons. The Bertz CT molecular complexity index is 589. The number of sulfonamides is 1. The number of pyridine rings is 1. The summed E-state index contributed by atoms with van der Waals surface area (Å²) < 4.78 is 66.0. The average Bonchev–Trinajstić information content (AvgIpc) is 2.83. The van der Waals surface area contributed by atoms with Crippen molar-refractivity contribution in [2.75, 3.05) is 19.7 Å². The molecule has 1 saturated heterocycles. The zero-order chi connectivity index (χ0) is 15.7. The van der Waals surface area contributed by atoms with Crippen LogP contribution in [0.2, 0.25) is 0 Å². The van der Waals surface area contributed by atoms with Gasteiger partial charge in [0, 0.05) is 25.2 Å². The quantitative estimate of drug-likeness (QED) is 0.883. The van der Waals surface area contributed by atoms with Gasteiger partial charge in [-0.05, 0) is 12.5 Å². The highest BCUT2D eigenvalue weighted by molar-refractivity contribution is 7.89. The van der Waals surface area contributed by atoms with Crippen LogP contribution in [0.4, 0.5) is 13.2 Å². The summed E-state index contributed by atoms with van der Waals surface area (Å²) in [6.45, 7) is -0.947. The van der Waals surface area contributed by atoms with E-state index in [1.54, 1.807) is 0 Å². The lowest BCUT2D eigenvalue weighted by molar-refractivity contribution is -0.154. The van der Waals surface area contributed by atoms with Gasteiger partial charge in [-0.25, -0.2) is 13.4 Å². The third kappa shape index (κ3) is 4.05. The fraction of sp³-hybridized carbons (Fsp3) is 0.545. The monoisotopic (exact) mass is 325 g/mol. The zero-order valence-corrected chi connectivity index (χ0v) is 11.7. The lowest BCUT2D eigenvalue weighted by Gasteiger charge is -2.16. The Kier molecular flexibility index (Phi) is 4.40. The van der Waals surface area contributed by atoms with Crippen LogP contribution in [0.15, 0.2) is 23.2 Å². The second kappa shape index (κ2) is 5.78. The molecule has 2 heterocycles. The summed E-state index contributed by atoms with van der Waals surface area (Å²) in [6, 6.07) is 2.05. The maximum absolute atomic E-state index is 12.2. The molecular weight excluding hydrogens is 311 g/mol. The summed E-state index contributed by atoms with van der Waals surface area (Å²) in [7, 11) is -3.72. The fourth-order valence-electron chi connectivity index (χ4n) is 1.88. The maximum atomic E-state index is 12.2. The summed E-state index contributed by atoms with van der Waals surface area (Å²) in [5.41, 5.74) is 5.66. The lowest BCUT2D eigenvalue weighted by atomic mass is 10.3. The van der Waals surface area contributed by atoms with E-state index in [1.807, 2.05) is 0 Å². The Morgan fingerprint density at radius 3 is 2.62 bits per heavy atom. The van der Waals surface area contributed by atoms with Gasteiger partial charge in [-0.1, -0.05) is 0 Å². The Morgan fingerprint density at radius 2 is 2.14 bits per heavy atom. The van der Waals surface area contributed by atoms with E-state index < -0.39 is 22.8 Å². The molecule has 0 spiro atoms. The molecule has 1 fully saturated rings. The van der Waals surface area contributed by atoms with Crippen LogP contribution in [0.1, 0.15) is 6.42 Å². The third-order valence-corrected chi connectivity index (χ3v) is 4.77.